The van der Waals surface area contributed by atoms with Crippen molar-refractivity contribution in [3.05, 3.63) is 41.4 Å². The molecule has 1 N–H and O–H groups in total. The largest absolute Gasteiger partial charge is 0.493 e. The van der Waals surface area contributed by atoms with E-state index in [1.165, 1.54) is 11.3 Å². The van der Waals surface area contributed by atoms with Crippen LogP contribution in [0.3, 0.4) is 0 Å². The van der Waals surface area contributed by atoms with Gasteiger partial charge in [0.2, 0.25) is 0 Å². The summed E-state index contributed by atoms with van der Waals surface area (Å²) < 4.78 is 5.86. The molecule has 1 aliphatic rings. The fourth-order valence-corrected chi connectivity index (χ4v) is 3.73. The number of hydrogen-bond donors (Lipinski definition) is 1. The molecule has 1 fully saturated rings. The van der Waals surface area contributed by atoms with Gasteiger partial charge in [-0.05, 0) is 31.9 Å². The molecule has 0 unspecified atom stereocenters. The van der Waals surface area contributed by atoms with E-state index in [0.29, 0.717) is 17.4 Å². The van der Waals surface area contributed by atoms with Gasteiger partial charge in [-0.25, -0.2) is 4.98 Å². The van der Waals surface area contributed by atoms with E-state index in [1.807, 2.05) is 42.2 Å². The number of aromatic nitrogens is 1. The van der Waals surface area contributed by atoms with Gasteiger partial charge in [0.15, 0.2) is 5.13 Å². The highest BCUT2D eigenvalue weighted by molar-refractivity contribution is 7.17. The number of amides is 1. The van der Waals surface area contributed by atoms with Crippen molar-refractivity contribution in [1.29, 1.82) is 0 Å². The van der Waals surface area contributed by atoms with Crippen molar-refractivity contribution in [2.75, 3.05) is 31.6 Å². The van der Waals surface area contributed by atoms with Crippen LogP contribution in [0.25, 0.3) is 0 Å². The number of nitrogens with zero attached hydrogens (tertiary/aromatic N) is 2. The van der Waals surface area contributed by atoms with Crippen LogP contribution in [0, 0.1) is 5.92 Å². The third kappa shape index (κ3) is 4.26. The van der Waals surface area contributed by atoms with Gasteiger partial charge in [-0.2, -0.15) is 0 Å². The molecule has 1 aromatic heterocycles. The Labute approximate surface area is 146 Å². The third-order valence-electron chi connectivity index (χ3n) is 4.08. The first-order valence-electron chi connectivity index (χ1n) is 8.43. The number of anilines is 1. The van der Waals surface area contributed by atoms with Gasteiger partial charge in [-0.3, -0.25) is 4.79 Å². The van der Waals surface area contributed by atoms with E-state index in [4.69, 9.17) is 4.74 Å². The summed E-state index contributed by atoms with van der Waals surface area (Å²) in [6, 6.07) is 9.84. The Morgan fingerprint density at radius 3 is 3.04 bits per heavy atom. The van der Waals surface area contributed by atoms with Crippen molar-refractivity contribution in [2.45, 2.75) is 19.8 Å². The first-order valence-corrected chi connectivity index (χ1v) is 9.24. The molecule has 128 valence electrons. The lowest BCUT2D eigenvalue weighted by atomic mass is 9.99. The normalized spacial score (nSPS) is 17.5. The first-order chi connectivity index (χ1) is 11.8. The lowest BCUT2D eigenvalue weighted by Gasteiger charge is -2.32. The van der Waals surface area contributed by atoms with Gasteiger partial charge in [0.1, 0.15) is 10.6 Å². The van der Waals surface area contributed by atoms with Crippen molar-refractivity contribution in [3.8, 4) is 5.75 Å². The Hall–Kier alpha value is -2.08. The number of piperidine rings is 1. The number of rotatable bonds is 6. The van der Waals surface area contributed by atoms with Crippen LogP contribution < -0.4 is 10.1 Å². The third-order valence-corrected chi connectivity index (χ3v) is 5.02. The molecule has 5 nitrogen and oxygen atoms in total. The predicted octanol–water partition coefficient (Wildman–Crippen LogP) is 3.51. The zero-order valence-electron chi connectivity index (χ0n) is 13.9. The number of thiazole rings is 1. The van der Waals surface area contributed by atoms with Crippen LogP contribution in [0.1, 0.15) is 29.4 Å². The number of hydrogen-bond acceptors (Lipinski definition) is 5. The minimum Gasteiger partial charge on any atom is -0.493 e. The summed E-state index contributed by atoms with van der Waals surface area (Å²) >= 11 is 1.43. The Balaban J connectivity index is 1.55. The molecular formula is C18H23N3O2S. The summed E-state index contributed by atoms with van der Waals surface area (Å²) in [5.74, 6) is 1.35. The Morgan fingerprint density at radius 1 is 1.42 bits per heavy atom. The summed E-state index contributed by atoms with van der Waals surface area (Å²) in [4.78, 5) is 19.6. The molecule has 0 aliphatic carbocycles. The number of para-hydroxylation sites is 1. The molecular weight excluding hydrogens is 322 g/mol. The van der Waals surface area contributed by atoms with Gasteiger partial charge in [0, 0.05) is 25.6 Å². The maximum absolute atomic E-state index is 12.7. The summed E-state index contributed by atoms with van der Waals surface area (Å²) in [5.41, 5.74) is 0. The quantitative estimate of drug-likeness (QED) is 0.870. The number of carbonyl (C=O) groups is 1. The predicted molar refractivity (Wildman–Crippen MR) is 96.8 cm³/mol. The van der Waals surface area contributed by atoms with E-state index in [2.05, 4.69) is 10.3 Å². The monoisotopic (exact) mass is 345 g/mol. The van der Waals surface area contributed by atoms with Gasteiger partial charge in [-0.1, -0.05) is 29.5 Å². The molecule has 3 rings (SSSR count). The molecule has 1 atom stereocenters. The van der Waals surface area contributed by atoms with E-state index >= 15 is 0 Å². The molecule has 2 aromatic rings. The van der Waals surface area contributed by atoms with Crippen LogP contribution in [0.4, 0.5) is 5.13 Å². The maximum Gasteiger partial charge on any atom is 0.265 e. The number of ether oxygens (including phenoxy) is 1. The van der Waals surface area contributed by atoms with Crippen molar-refractivity contribution in [1.82, 2.24) is 9.88 Å². The average Bonchev–Trinajstić information content (AvgIpc) is 3.09. The molecule has 6 heteroatoms. The highest BCUT2D eigenvalue weighted by Gasteiger charge is 2.26. The second-order valence-corrected chi connectivity index (χ2v) is 6.97. The Bertz CT molecular complexity index is 659. The lowest BCUT2D eigenvalue weighted by molar-refractivity contribution is 0.0638. The van der Waals surface area contributed by atoms with E-state index in [9.17, 15) is 4.79 Å². The number of benzene rings is 1. The standard InChI is InChI=1S/C18H23N3O2S/c1-2-19-18-20-11-16(24-18)17(22)21-10-6-7-14(12-21)13-23-15-8-4-3-5-9-15/h3-5,8-9,11,14H,2,6-7,10,12-13H2,1H3,(H,19,20)/t14-/m1/s1. The number of carbonyl (C=O) groups excluding carboxylic acids is 1. The lowest BCUT2D eigenvalue weighted by Crippen LogP contribution is -2.41. The van der Waals surface area contributed by atoms with Gasteiger partial charge < -0.3 is 15.0 Å². The minimum absolute atomic E-state index is 0.0843. The fraction of sp³-hybridized carbons (Fsp3) is 0.444. The molecule has 0 bridgehead atoms. The van der Waals surface area contributed by atoms with Gasteiger partial charge in [0.05, 0.1) is 12.8 Å². The smallest absolute Gasteiger partial charge is 0.265 e. The van der Waals surface area contributed by atoms with Crippen LogP contribution in [0.5, 0.6) is 5.75 Å². The number of likely N-dealkylation sites (tertiary alicyclic amines) is 1. The summed E-state index contributed by atoms with van der Waals surface area (Å²) in [5, 5.41) is 3.96. The van der Waals surface area contributed by atoms with Gasteiger partial charge >= 0.3 is 0 Å². The van der Waals surface area contributed by atoms with Crippen LogP contribution in [-0.4, -0.2) is 42.0 Å². The SMILES string of the molecule is CCNc1ncc(C(=O)N2CCC[C@@H](COc3ccccc3)C2)s1. The Kier molecular flexibility index (Phi) is 5.69. The van der Waals surface area contributed by atoms with Crippen molar-refractivity contribution in [3.63, 3.8) is 0 Å². The molecule has 1 aliphatic heterocycles. The van der Waals surface area contributed by atoms with E-state index < -0.39 is 0 Å². The van der Waals surface area contributed by atoms with Crippen molar-refractivity contribution >= 4 is 22.4 Å². The van der Waals surface area contributed by atoms with Gasteiger partial charge in [-0.15, -0.1) is 0 Å². The van der Waals surface area contributed by atoms with E-state index in [-0.39, 0.29) is 5.91 Å². The molecule has 0 radical (unpaired) electrons. The van der Waals surface area contributed by atoms with Gasteiger partial charge in [0.25, 0.3) is 5.91 Å². The second-order valence-electron chi connectivity index (χ2n) is 5.94. The topological polar surface area (TPSA) is 54.5 Å². The average molecular weight is 345 g/mol. The zero-order valence-corrected chi connectivity index (χ0v) is 14.7. The van der Waals surface area contributed by atoms with Crippen molar-refractivity contribution in [2.24, 2.45) is 5.92 Å². The number of nitrogens with one attached hydrogen (secondary N) is 1. The fourth-order valence-electron chi connectivity index (χ4n) is 2.88. The summed E-state index contributed by atoms with van der Waals surface area (Å²) in [6.07, 6.45) is 3.80. The zero-order chi connectivity index (χ0) is 16.8. The van der Waals surface area contributed by atoms with E-state index in [0.717, 1.165) is 43.4 Å². The first kappa shape index (κ1) is 16.8. The summed E-state index contributed by atoms with van der Waals surface area (Å²) in [7, 11) is 0. The molecule has 0 saturated carbocycles. The maximum atomic E-state index is 12.7. The highest BCUT2D eigenvalue weighted by atomic mass is 32.1. The van der Waals surface area contributed by atoms with Crippen LogP contribution >= 0.6 is 11.3 Å². The van der Waals surface area contributed by atoms with Crippen LogP contribution in [0.15, 0.2) is 36.5 Å². The van der Waals surface area contributed by atoms with E-state index in [1.54, 1.807) is 6.20 Å². The highest BCUT2D eigenvalue weighted by Crippen LogP contribution is 2.24. The van der Waals surface area contributed by atoms with Crippen molar-refractivity contribution < 1.29 is 9.53 Å². The van der Waals surface area contributed by atoms with Crippen LogP contribution in [0.2, 0.25) is 0 Å². The molecule has 1 saturated heterocycles. The second kappa shape index (κ2) is 8.15. The van der Waals surface area contributed by atoms with Crippen LogP contribution in [-0.2, 0) is 0 Å². The molecule has 0 spiro atoms. The molecule has 24 heavy (non-hydrogen) atoms. The Morgan fingerprint density at radius 2 is 2.25 bits per heavy atom. The molecule has 2 heterocycles. The molecule has 1 aromatic carbocycles. The minimum atomic E-state index is 0.0843. The summed E-state index contributed by atoms with van der Waals surface area (Å²) in [6.45, 7) is 5.04. The molecule has 1 amide bonds.